The van der Waals surface area contributed by atoms with Gasteiger partial charge in [0.15, 0.2) is 5.78 Å². The lowest BCUT2D eigenvalue weighted by Crippen LogP contribution is -2.08. The average Bonchev–Trinajstić information content (AvgIpc) is 2.49. The zero-order chi connectivity index (χ0) is 8.55. The normalized spacial score (nSPS) is 28.8. The van der Waals surface area contributed by atoms with Crippen molar-refractivity contribution in [1.82, 2.24) is 0 Å². The number of allylic oxidation sites excluding steroid dienone is 1. The molecule has 0 bridgehead atoms. The van der Waals surface area contributed by atoms with Crippen LogP contribution in [0, 0.1) is 0 Å². The molecule has 2 rings (SSSR count). The molecule has 12 heavy (non-hydrogen) atoms. The third-order valence-corrected chi connectivity index (χ3v) is 3.12. The van der Waals surface area contributed by atoms with Crippen molar-refractivity contribution in [3.63, 3.8) is 0 Å². The zero-order valence-electron chi connectivity index (χ0n) is 6.81. The van der Waals surface area contributed by atoms with Gasteiger partial charge < -0.3 is 4.74 Å². The molecule has 0 aromatic heterocycles. The number of alkyl halides is 1. The Morgan fingerprint density at radius 2 is 2.33 bits per heavy atom. The third kappa shape index (κ3) is 1.30. The highest BCUT2D eigenvalue weighted by Crippen LogP contribution is 2.34. The minimum Gasteiger partial charge on any atom is -0.493 e. The summed E-state index contributed by atoms with van der Waals surface area (Å²) in [6.45, 7) is 0. The Hall–Kier alpha value is -0.310. The molecule has 3 heteroatoms. The van der Waals surface area contributed by atoms with Crippen molar-refractivity contribution in [2.24, 2.45) is 0 Å². The summed E-state index contributed by atoms with van der Waals surface area (Å²) in [6.07, 6.45) is 3.67. The fourth-order valence-electron chi connectivity index (χ4n) is 1.78. The van der Waals surface area contributed by atoms with Gasteiger partial charge in [0, 0.05) is 30.2 Å². The van der Waals surface area contributed by atoms with Crippen LogP contribution in [0.1, 0.15) is 25.7 Å². The molecule has 1 unspecified atom stereocenters. The smallest absolute Gasteiger partial charge is 0.162 e. The van der Waals surface area contributed by atoms with Crippen molar-refractivity contribution in [3.8, 4) is 0 Å². The summed E-state index contributed by atoms with van der Waals surface area (Å²) in [5.41, 5.74) is 0.964. The van der Waals surface area contributed by atoms with Gasteiger partial charge >= 0.3 is 0 Å². The Kier molecular flexibility index (Phi) is 2.22. The van der Waals surface area contributed by atoms with Gasteiger partial charge in [0.05, 0.1) is 0 Å². The molecular formula is C9H11BrO2. The molecule has 0 aromatic rings. The van der Waals surface area contributed by atoms with Crippen molar-refractivity contribution in [2.75, 3.05) is 5.33 Å². The van der Waals surface area contributed by atoms with E-state index in [0.717, 1.165) is 42.3 Å². The molecule has 0 amide bonds. The molecule has 1 atom stereocenters. The maximum absolute atomic E-state index is 11.4. The second-order valence-electron chi connectivity index (χ2n) is 3.28. The predicted octanol–water partition coefficient (Wildman–Crippen LogP) is 2.18. The number of Topliss-reactive ketones (excluding diaryl/α,β-unsaturated/α-hetero) is 1. The second-order valence-corrected chi connectivity index (χ2v) is 3.92. The Bertz CT molecular complexity index is 245. The van der Waals surface area contributed by atoms with Crippen LogP contribution in [0.25, 0.3) is 0 Å². The lowest BCUT2D eigenvalue weighted by molar-refractivity contribution is -0.116. The average molecular weight is 231 g/mol. The largest absolute Gasteiger partial charge is 0.493 e. The molecular weight excluding hydrogens is 220 g/mol. The first kappa shape index (κ1) is 8.30. The van der Waals surface area contributed by atoms with Gasteiger partial charge in [-0.05, 0) is 6.42 Å². The molecule has 0 aromatic carbocycles. The highest BCUT2D eigenvalue weighted by molar-refractivity contribution is 9.09. The zero-order valence-corrected chi connectivity index (χ0v) is 8.39. The van der Waals surface area contributed by atoms with Gasteiger partial charge in [0.2, 0.25) is 0 Å². The molecule has 0 saturated heterocycles. The minimum absolute atomic E-state index is 0.206. The Morgan fingerprint density at radius 1 is 1.50 bits per heavy atom. The maximum Gasteiger partial charge on any atom is 0.162 e. The number of hydrogen-bond donors (Lipinski definition) is 0. The number of carbonyl (C=O) groups excluding carboxylic acids is 1. The summed E-state index contributed by atoms with van der Waals surface area (Å²) in [5, 5.41) is 0.827. The number of rotatable bonds is 1. The van der Waals surface area contributed by atoms with Crippen molar-refractivity contribution in [1.29, 1.82) is 0 Å². The highest BCUT2D eigenvalue weighted by Gasteiger charge is 2.31. The van der Waals surface area contributed by atoms with E-state index in [1.54, 1.807) is 0 Å². The van der Waals surface area contributed by atoms with Crippen molar-refractivity contribution in [2.45, 2.75) is 31.8 Å². The van der Waals surface area contributed by atoms with Crippen LogP contribution in [0.2, 0.25) is 0 Å². The van der Waals surface area contributed by atoms with E-state index < -0.39 is 0 Å². The third-order valence-electron chi connectivity index (χ3n) is 2.39. The molecule has 2 nitrogen and oxygen atoms in total. The first-order valence-corrected chi connectivity index (χ1v) is 5.41. The van der Waals surface area contributed by atoms with E-state index in [9.17, 15) is 4.79 Å². The van der Waals surface area contributed by atoms with E-state index in [4.69, 9.17) is 4.74 Å². The van der Waals surface area contributed by atoms with Gasteiger partial charge in [-0.1, -0.05) is 15.9 Å². The van der Waals surface area contributed by atoms with Crippen molar-refractivity contribution < 1.29 is 9.53 Å². The summed E-state index contributed by atoms with van der Waals surface area (Å²) >= 11 is 3.37. The standard InChI is InChI=1S/C9H11BrO2/c10-5-6-4-7-8(11)2-1-3-9(7)12-6/h6H,1-5H2. The number of halogens is 1. The quantitative estimate of drug-likeness (QED) is 0.646. The predicted molar refractivity (Wildman–Crippen MR) is 49.2 cm³/mol. The van der Waals surface area contributed by atoms with Crippen LogP contribution < -0.4 is 0 Å². The van der Waals surface area contributed by atoms with Crippen molar-refractivity contribution >= 4 is 21.7 Å². The highest BCUT2D eigenvalue weighted by atomic mass is 79.9. The monoisotopic (exact) mass is 230 g/mol. The second kappa shape index (κ2) is 3.21. The molecule has 1 heterocycles. The summed E-state index contributed by atoms with van der Waals surface area (Å²) in [4.78, 5) is 11.4. The van der Waals surface area contributed by atoms with Crippen LogP contribution >= 0.6 is 15.9 Å². The van der Waals surface area contributed by atoms with Gasteiger partial charge in [-0.2, -0.15) is 0 Å². The molecule has 0 spiro atoms. The van der Waals surface area contributed by atoms with Crippen LogP contribution in [0.5, 0.6) is 0 Å². The van der Waals surface area contributed by atoms with Crippen LogP contribution in [0.4, 0.5) is 0 Å². The first-order valence-electron chi connectivity index (χ1n) is 4.29. The molecule has 0 saturated carbocycles. The van der Waals surface area contributed by atoms with Crippen LogP contribution in [0.15, 0.2) is 11.3 Å². The maximum atomic E-state index is 11.4. The first-order chi connectivity index (χ1) is 5.81. The molecule has 0 N–H and O–H groups in total. The van der Waals surface area contributed by atoms with Gasteiger partial charge in [0.25, 0.3) is 0 Å². The van der Waals surface area contributed by atoms with Crippen LogP contribution in [-0.2, 0) is 9.53 Å². The Morgan fingerprint density at radius 3 is 3.00 bits per heavy atom. The molecule has 1 aliphatic heterocycles. The lowest BCUT2D eigenvalue weighted by Gasteiger charge is -2.11. The van der Waals surface area contributed by atoms with Gasteiger partial charge in [-0.3, -0.25) is 4.79 Å². The Labute approximate surface area is 80.1 Å². The topological polar surface area (TPSA) is 26.3 Å². The van der Waals surface area contributed by atoms with Gasteiger partial charge in [-0.15, -0.1) is 0 Å². The summed E-state index contributed by atoms with van der Waals surface area (Å²) < 4.78 is 5.60. The summed E-state index contributed by atoms with van der Waals surface area (Å²) in [6, 6.07) is 0. The Balaban J connectivity index is 2.16. The molecule has 0 fully saturated rings. The van der Waals surface area contributed by atoms with E-state index in [2.05, 4.69) is 15.9 Å². The number of ketones is 1. The van der Waals surface area contributed by atoms with E-state index in [1.165, 1.54) is 0 Å². The lowest BCUT2D eigenvalue weighted by atomic mass is 9.95. The minimum atomic E-state index is 0.206. The van der Waals surface area contributed by atoms with E-state index in [0.29, 0.717) is 5.78 Å². The van der Waals surface area contributed by atoms with E-state index >= 15 is 0 Å². The molecule has 0 radical (unpaired) electrons. The van der Waals surface area contributed by atoms with Crippen LogP contribution in [0.3, 0.4) is 0 Å². The summed E-state index contributed by atoms with van der Waals surface area (Å²) in [7, 11) is 0. The fourth-order valence-corrected chi connectivity index (χ4v) is 2.14. The van der Waals surface area contributed by atoms with Gasteiger partial charge in [0.1, 0.15) is 11.9 Å². The number of hydrogen-bond acceptors (Lipinski definition) is 2. The fraction of sp³-hybridized carbons (Fsp3) is 0.667. The molecule has 1 aliphatic carbocycles. The van der Waals surface area contributed by atoms with Gasteiger partial charge in [-0.25, -0.2) is 0 Å². The summed E-state index contributed by atoms with van der Waals surface area (Å²) in [5.74, 6) is 1.27. The SMILES string of the molecule is O=C1CCCC2=C1CC(CBr)O2. The molecule has 66 valence electrons. The van der Waals surface area contributed by atoms with Crippen LogP contribution in [-0.4, -0.2) is 17.2 Å². The number of carbonyl (C=O) groups is 1. The van der Waals surface area contributed by atoms with Crippen molar-refractivity contribution in [3.05, 3.63) is 11.3 Å². The number of ether oxygens (including phenoxy) is 1. The van der Waals surface area contributed by atoms with E-state index in [-0.39, 0.29) is 6.10 Å². The molecule has 2 aliphatic rings. The van der Waals surface area contributed by atoms with E-state index in [1.807, 2.05) is 0 Å².